The zero-order valence-electron chi connectivity index (χ0n) is 14.4. The van der Waals surface area contributed by atoms with Gasteiger partial charge in [-0.2, -0.15) is 4.98 Å². The monoisotopic (exact) mass is 361 g/mol. The number of benzene rings is 1. The van der Waals surface area contributed by atoms with Gasteiger partial charge < -0.3 is 4.90 Å². The Morgan fingerprint density at radius 3 is 2.40 bits per heavy atom. The Kier molecular flexibility index (Phi) is 4.67. The number of nitrogens with zero attached hydrogens (tertiary/aromatic N) is 4. The number of aromatic nitrogens is 4. The van der Waals surface area contributed by atoms with E-state index in [0.717, 1.165) is 18.7 Å². The predicted molar refractivity (Wildman–Crippen MR) is 99.7 cm³/mol. The van der Waals surface area contributed by atoms with Crippen molar-refractivity contribution < 1.29 is 0 Å². The average molecular weight is 362 g/mol. The van der Waals surface area contributed by atoms with Gasteiger partial charge in [-0.1, -0.05) is 23.7 Å². The van der Waals surface area contributed by atoms with Crippen molar-refractivity contribution in [3.8, 4) is 0 Å². The summed E-state index contributed by atoms with van der Waals surface area (Å²) in [6, 6.07) is 7.45. The first-order chi connectivity index (χ1) is 12.0. The van der Waals surface area contributed by atoms with Gasteiger partial charge in [0, 0.05) is 25.2 Å². The van der Waals surface area contributed by atoms with Crippen molar-refractivity contribution in [2.24, 2.45) is 7.05 Å². The lowest BCUT2D eigenvalue weighted by Crippen LogP contribution is -2.29. The normalized spacial score (nSPS) is 11.2. The Morgan fingerprint density at radius 2 is 1.80 bits per heavy atom. The number of halogens is 1. The van der Waals surface area contributed by atoms with Crippen LogP contribution in [0.1, 0.15) is 19.4 Å². The standard InChI is InChI=1S/C17H20ClN5O2/c1-4-22(5-2)16-19-14-13(15(24)20-17(25)21(14)3)23(16)10-11-6-8-12(18)9-7-11/h6-9H,4-5,10H2,1-3H3,(H,20,24,25). The van der Waals surface area contributed by atoms with Gasteiger partial charge in [-0.25, -0.2) is 4.79 Å². The number of anilines is 1. The highest BCUT2D eigenvalue weighted by molar-refractivity contribution is 6.30. The molecule has 0 unspecified atom stereocenters. The zero-order valence-corrected chi connectivity index (χ0v) is 15.2. The summed E-state index contributed by atoms with van der Waals surface area (Å²) in [5, 5.41) is 0.656. The van der Waals surface area contributed by atoms with E-state index in [1.54, 1.807) is 7.05 Å². The van der Waals surface area contributed by atoms with Crippen LogP contribution in [-0.2, 0) is 13.6 Å². The Bertz CT molecular complexity index is 1010. The summed E-state index contributed by atoms with van der Waals surface area (Å²) in [5.41, 5.74) is 0.853. The maximum absolute atomic E-state index is 12.5. The molecular weight excluding hydrogens is 342 g/mol. The van der Waals surface area contributed by atoms with Crippen LogP contribution in [0.3, 0.4) is 0 Å². The highest BCUT2D eigenvalue weighted by atomic mass is 35.5. The highest BCUT2D eigenvalue weighted by Gasteiger charge is 2.20. The van der Waals surface area contributed by atoms with Crippen molar-refractivity contribution in [1.82, 2.24) is 19.1 Å². The Labute approximate surface area is 149 Å². The number of imidazole rings is 1. The number of rotatable bonds is 5. The predicted octanol–water partition coefficient (Wildman–Crippen LogP) is 1.97. The number of hydrogen-bond donors (Lipinski definition) is 1. The number of H-pyrrole nitrogens is 1. The molecule has 132 valence electrons. The quantitative estimate of drug-likeness (QED) is 0.753. The minimum absolute atomic E-state index is 0.379. The molecule has 2 aromatic heterocycles. The molecule has 0 amide bonds. The average Bonchev–Trinajstić information content (AvgIpc) is 2.96. The molecule has 0 radical (unpaired) electrons. The molecule has 0 saturated carbocycles. The molecule has 3 aromatic rings. The van der Waals surface area contributed by atoms with E-state index in [1.807, 2.05) is 42.7 Å². The van der Waals surface area contributed by atoms with Gasteiger partial charge in [0.05, 0.1) is 6.54 Å². The molecule has 0 spiro atoms. The summed E-state index contributed by atoms with van der Waals surface area (Å²) in [6.45, 7) is 6.00. The van der Waals surface area contributed by atoms with Gasteiger partial charge in [-0.15, -0.1) is 0 Å². The van der Waals surface area contributed by atoms with Gasteiger partial charge in [0.25, 0.3) is 5.56 Å². The lowest BCUT2D eigenvalue weighted by atomic mass is 10.2. The summed E-state index contributed by atoms with van der Waals surface area (Å²) in [7, 11) is 1.60. The van der Waals surface area contributed by atoms with Crippen molar-refractivity contribution in [1.29, 1.82) is 0 Å². The second kappa shape index (κ2) is 6.76. The largest absolute Gasteiger partial charge is 0.343 e. The third-order valence-corrected chi connectivity index (χ3v) is 4.54. The third kappa shape index (κ3) is 3.07. The number of fused-ring (bicyclic) bond motifs is 1. The lowest BCUT2D eigenvalue weighted by molar-refractivity contribution is 0.744. The molecule has 0 aliphatic rings. The molecule has 0 saturated heterocycles. The first-order valence-corrected chi connectivity index (χ1v) is 8.53. The van der Waals surface area contributed by atoms with E-state index >= 15 is 0 Å². The van der Waals surface area contributed by atoms with Crippen LogP contribution in [0.5, 0.6) is 0 Å². The summed E-state index contributed by atoms with van der Waals surface area (Å²) in [4.78, 5) is 33.4. The Morgan fingerprint density at radius 1 is 1.16 bits per heavy atom. The van der Waals surface area contributed by atoms with Crippen molar-refractivity contribution in [2.45, 2.75) is 20.4 Å². The Balaban J connectivity index is 2.27. The van der Waals surface area contributed by atoms with Crippen LogP contribution in [0.15, 0.2) is 33.9 Å². The van der Waals surface area contributed by atoms with Crippen LogP contribution in [0.2, 0.25) is 5.02 Å². The molecule has 7 nitrogen and oxygen atoms in total. The van der Waals surface area contributed by atoms with E-state index in [1.165, 1.54) is 4.57 Å². The molecule has 0 aliphatic carbocycles. The molecule has 1 aromatic carbocycles. The van der Waals surface area contributed by atoms with Gasteiger partial charge in [0.15, 0.2) is 11.2 Å². The van der Waals surface area contributed by atoms with Gasteiger partial charge in [-0.3, -0.25) is 18.9 Å². The van der Waals surface area contributed by atoms with E-state index in [-0.39, 0.29) is 0 Å². The number of nitrogens with one attached hydrogen (secondary N) is 1. The number of hydrogen-bond acceptors (Lipinski definition) is 4. The maximum Gasteiger partial charge on any atom is 0.329 e. The fourth-order valence-corrected chi connectivity index (χ4v) is 3.02. The Hall–Kier alpha value is -2.54. The topological polar surface area (TPSA) is 75.9 Å². The fraction of sp³-hybridized carbons (Fsp3) is 0.353. The molecule has 8 heteroatoms. The molecular formula is C17H20ClN5O2. The lowest BCUT2D eigenvalue weighted by Gasteiger charge is -2.21. The minimum atomic E-state index is -0.472. The summed E-state index contributed by atoms with van der Waals surface area (Å²) >= 11 is 5.96. The van der Waals surface area contributed by atoms with Crippen LogP contribution < -0.4 is 16.1 Å². The van der Waals surface area contributed by atoms with Gasteiger partial charge >= 0.3 is 5.69 Å². The van der Waals surface area contributed by atoms with Gasteiger partial charge in [0.2, 0.25) is 5.95 Å². The zero-order chi connectivity index (χ0) is 18.1. The third-order valence-electron chi connectivity index (χ3n) is 4.29. The molecule has 3 rings (SSSR count). The van der Waals surface area contributed by atoms with E-state index in [2.05, 4.69) is 14.9 Å². The van der Waals surface area contributed by atoms with E-state index in [0.29, 0.717) is 28.7 Å². The molecule has 25 heavy (non-hydrogen) atoms. The van der Waals surface area contributed by atoms with Crippen molar-refractivity contribution in [3.63, 3.8) is 0 Å². The number of aryl methyl sites for hydroxylation is 1. The van der Waals surface area contributed by atoms with Crippen LogP contribution in [0.4, 0.5) is 5.95 Å². The van der Waals surface area contributed by atoms with Crippen LogP contribution >= 0.6 is 11.6 Å². The fourth-order valence-electron chi connectivity index (χ4n) is 2.89. The molecule has 0 bridgehead atoms. The first kappa shape index (κ1) is 17.3. The second-order valence-corrected chi connectivity index (χ2v) is 6.22. The van der Waals surface area contributed by atoms with Crippen LogP contribution in [0, 0.1) is 0 Å². The highest BCUT2D eigenvalue weighted by Crippen LogP contribution is 2.21. The minimum Gasteiger partial charge on any atom is -0.343 e. The first-order valence-electron chi connectivity index (χ1n) is 8.15. The van der Waals surface area contributed by atoms with E-state index in [4.69, 9.17) is 11.6 Å². The molecule has 0 fully saturated rings. The number of aromatic amines is 1. The van der Waals surface area contributed by atoms with Crippen molar-refractivity contribution in [2.75, 3.05) is 18.0 Å². The smallest absolute Gasteiger partial charge is 0.329 e. The van der Waals surface area contributed by atoms with Gasteiger partial charge in [0.1, 0.15) is 0 Å². The van der Waals surface area contributed by atoms with Crippen LogP contribution in [0.25, 0.3) is 11.2 Å². The summed E-state index contributed by atoms with van der Waals surface area (Å²) < 4.78 is 3.21. The summed E-state index contributed by atoms with van der Waals surface area (Å²) in [6.07, 6.45) is 0. The van der Waals surface area contributed by atoms with Crippen LogP contribution in [-0.4, -0.2) is 32.2 Å². The van der Waals surface area contributed by atoms with E-state index in [9.17, 15) is 9.59 Å². The maximum atomic E-state index is 12.5. The van der Waals surface area contributed by atoms with Gasteiger partial charge in [-0.05, 0) is 31.5 Å². The molecule has 0 aliphatic heterocycles. The molecule has 2 heterocycles. The SMILES string of the molecule is CCN(CC)c1nc2c(c(=O)[nH]c(=O)n2C)n1Cc1ccc(Cl)cc1. The van der Waals surface area contributed by atoms with Crippen molar-refractivity contribution in [3.05, 3.63) is 55.7 Å². The molecule has 1 N–H and O–H groups in total. The summed E-state index contributed by atoms with van der Waals surface area (Å²) in [5.74, 6) is 0.668. The van der Waals surface area contributed by atoms with E-state index < -0.39 is 11.2 Å². The second-order valence-electron chi connectivity index (χ2n) is 5.79. The van der Waals surface area contributed by atoms with Crippen molar-refractivity contribution >= 4 is 28.7 Å². The molecule has 0 atom stereocenters.